The normalized spacial score (nSPS) is 21.1. The maximum absolute atomic E-state index is 9.28. The van der Waals surface area contributed by atoms with Crippen molar-refractivity contribution in [2.24, 2.45) is 10.4 Å². The summed E-state index contributed by atoms with van der Waals surface area (Å²) in [6.45, 7) is 9.06. The molecule has 1 atom stereocenters. The molecule has 144 valence electrons. The predicted octanol–water partition coefficient (Wildman–Crippen LogP) is 2.04. The Balaban J connectivity index is 0.00000312. The zero-order valence-electron chi connectivity index (χ0n) is 15.6. The molecule has 0 saturated carbocycles. The number of aromatic nitrogens is 1. The van der Waals surface area contributed by atoms with Gasteiger partial charge < -0.3 is 24.9 Å². The van der Waals surface area contributed by atoms with Crippen molar-refractivity contribution in [3.8, 4) is 0 Å². The van der Waals surface area contributed by atoms with E-state index in [4.69, 9.17) is 9.15 Å². The van der Waals surface area contributed by atoms with Crippen LogP contribution in [0.1, 0.15) is 45.3 Å². The largest absolute Gasteiger partial charge is 0.443 e. The topological polar surface area (TPSA) is 91.9 Å². The van der Waals surface area contributed by atoms with Gasteiger partial charge in [0, 0.05) is 37.6 Å². The van der Waals surface area contributed by atoms with Gasteiger partial charge in [-0.15, -0.1) is 24.0 Å². The second kappa shape index (κ2) is 9.72. The fraction of sp³-hybridized carbons (Fsp3) is 0.765. The van der Waals surface area contributed by atoms with Gasteiger partial charge in [0.15, 0.2) is 5.96 Å². The molecule has 0 aliphatic carbocycles. The average molecular weight is 466 g/mol. The SMILES string of the molecule is CN=C(NCc1ncc(C(C)(C)C)o1)NCC1(CCO)CCOC1.I. The molecule has 1 saturated heterocycles. The van der Waals surface area contributed by atoms with E-state index in [9.17, 15) is 5.11 Å². The lowest BCUT2D eigenvalue weighted by molar-refractivity contribution is 0.127. The number of rotatable bonds is 6. The lowest BCUT2D eigenvalue weighted by Gasteiger charge is -2.27. The van der Waals surface area contributed by atoms with Crippen molar-refractivity contribution >= 4 is 29.9 Å². The molecule has 25 heavy (non-hydrogen) atoms. The van der Waals surface area contributed by atoms with Crippen LogP contribution < -0.4 is 10.6 Å². The Labute approximate surface area is 167 Å². The number of oxazole rings is 1. The zero-order valence-corrected chi connectivity index (χ0v) is 17.9. The third-order valence-electron chi connectivity index (χ3n) is 4.38. The third-order valence-corrected chi connectivity index (χ3v) is 4.38. The summed E-state index contributed by atoms with van der Waals surface area (Å²) in [7, 11) is 1.73. The quantitative estimate of drug-likeness (QED) is 0.338. The summed E-state index contributed by atoms with van der Waals surface area (Å²) in [6, 6.07) is 0. The number of guanidine groups is 1. The molecule has 0 aromatic carbocycles. The molecule has 0 amide bonds. The highest BCUT2D eigenvalue weighted by Crippen LogP contribution is 2.31. The highest BCUT2D eigenvalue weighted by Gasteiger charge is 2.34. The Kier molecular flexibility index (Phi) is 8.62. The summed E-state index contributed by atoms with van der Waals surface area (Å²) in [4.78, 5) is 8.54. The van der Waals surface area contributed by atoms with E-state index in [0.29, 0.717) is 31.5 Å². The van der Waals surface area contributed by atoms with Crippen LogP contribution >= 0.6 is 24.0 Å². The van der Waals surface area contributed by atoms with Crippen LogP contribution in [0.4, 0.5) is 0 Å². The van der Waals surface area contributed by atoms with Crippen molar-refractivity contribution < 1.29 is 14.3 Å². The minimum atomic E-state index is -0.0513. The van der Waals surface area contributed by atoms with Gasteiger partial charge in [-0.05, 0) is 12.8 Å². The van der Waals surface area contributed by atoms with Gasteiger partial charge in [0.25, 0.3) is 0 Å². The van der Waals surface area contributed by atoms with E-state index in [0.717, 1.165) is 25.2 Å². The molecule has 1 aliphatic rings. The number of aliphatic hydroxyl groups excluding tert-OH is 1. The Hall–Kier alpha value is -0.870. The first-order valence-electron chi connectivity index (χ1n) is 8.47. The van der Waals surface area contributed by atoms with Gasteiger partial charge in [-0.1, -0.05) is 20.8 Å². The predicted molar refractivity (Wildman–Crippen MR) is 108 cm³/mol. The minimum Gasteiger partial charge on any atom is -0.443 e. The van der Waals surface area contributed by atoms with Gasteiger partial charge >= 0.3 is 0 Å². The molecule has 2 heterocycles. The number of nitrogens with one attached hydrogen (secondary N) is 2. The number of aliphatic hydroxyl groups is 1. The minimum absolute atomic E-state index is 0. The lowest BCUT2D eigenvalue weighted by atomic mass is 9.84. The average Bonchev–Trinajstić information content (AvgIpc) is 3.17. The molecule has 1 aliphatic heterocycles. The molecule has 0 spiro atoms. The molecule has 1 aromatic rings. The highest BCUT2D eigenvalue weighted by atomic mass is 127. The smallest absolute Gasteiger partial charge is 0.213 e. The maximum Gasteiger partial charge on any atom is 0.213 e. The Morgan fingerprint density at radius 1 is 1.40 bits per heavy atom. The summed E-state index contributed by atoms with van der Waals surface area (Å²) < 4.78 is 11.3. The van der Waals surface area contributed by atoms with E-state index in [1.807, 2.05) is 0 Å². The van der Waals surface area contributed by atoms with E-state index in [2.05, 4.69) is 41.4 Å². The number of nitrogens with zero attached hydrogens (tertiary/aromatic N) is 2. The van der Waals surface area contributed by atoms with Crippen molar-refractivity contribution in [1.82, 2.24) is 15.6 Å². The number of hydrogen-bond donors (Lipinski definition) is 3. The number of hydrogen-bond acceptors (Lipinski definition) is 5. The summed E-state index contributed by atoms with van der Waals surface area (Å²) >= 11 is 0. The molecule has 7 nitrogen and oxygen atoms in total. The van der Waals surface area contributed by atoms with Crippen LogP contribution in [0.25, 0.3) is 0 Å². The van der Waals surface area contributed by atoms with Crippen LogP contribution in [-0.4, -0.2) is 49.5 Å². The van der Waals surface area contributed by atoms with Gasteiger partial charge in [0.1, 0.15) is 5.76 Å². The molecular weight excluding hydrogens is 435 g/mol. The molecule has 1 aromatic heterocycles. The molecule has 1 unspecified atom stereocenters. The Morgan fingerprint density at radius 2 is 2.16 bits per heavy atom. The van der Waals surface area contributed by atoms with Gasteiger partial charge in [-0.3, -0.25) is 4.99 Å². The van der Waals surface area contributed by atoms with Gasteiger partial charge in [-0.25, -0.2) is 4.98 Å². The van der Waals surface area contributed by atoms with Crippen LogP contribution in [0.5, 0.6) is 0 Å². The van der Waals surface area contributed by atoms with Crippen molar-refractivity contribution in [2.45, 2.75) is 45.6 Å². The molecular formula is C17H31IN4O3. The molecule has 1 fully saturated rings. The first kappa shape index (κ1) is 22.2. The summed E-state index contributed by atoms with van der Waals surface area (Å²) in [5, 5.41) is 15.8. The number of halogens is 1. The maximum atomic E-state index is 9.28. The van der Waals surface area contributed by atoms with E-state index in [1.54, 1.807) is 13.2 Å². The Bertz CT molecular complexity index is 548. The fourth-order valence-electron chi connectivity index (χ4n) is 2.70. The fourth-order valence-corrected chi connectivity index (χ4v) is 2.70. The summed E-state index contributed by atoms with van der Waals surface area (Å²) in [5.41, 5.74) is -0.0704. The summed E-state index contributed by atoms with van der Waals surface area (Å²) in [5.74, 6) is 2.19. The highest BCUT2D eigenvalue weighted by molar-refractivity contribution is 14.0. The Morgan fingerprint density at radius 3 is 2.68 bits per heavy atom. The van der Waals surface area contributed by atoms with Gasteiger partial charge in [0.2, 0.25) is 5.89 Å². The van der Waals surface area contributed by atoms with Crippen LogP contribution in [0.15, 0.2) is 15.6 Å². The van der Waals surface area contributed by atoms with Crippen molar-refractivity contribution in [3.05, 3.63) is 17.8 Å². The van der Waals surface area contributed by atoms with E-state index >= 15 is 0 Å². The van der Waals surface area contributed by atoms with Gasteiger partial charge in [0.05, 0.1) is 19.3 Å². The van der Waals surface area contributed by atoms with Crippen molar-refractivity contribution in [3.63, 3.8) is 0 Å². The standard InChI is InChI=1S/C17H30N4O3.HI/c1-16(2,3)13-9-19-14(24-13)10-20-15(18-4)21-11-17(5-7-22)6-8-23-12-17;/h9,22H,5-8,10-12H2,1-4H3,(H2,18,20,21);1H. The second-order valence-corrected chi connectivity index (χ2v) is 7.42. The van der Waals surface area contributed by atoms with Crippen LogP contribution in [0, 0.1) is 5.41 Å². The first-order valence-corrected chi connectivity index (χ1v) is 8.47. The third kappa shape index (κ3) is 6.41. The van der Waals surface area contributed by atoms with E-state index in [1.165, 1.54) is 0 Å². The van der Waals surface area contributed by atoms with Crippen molar-refractivity contribution in [1.29, 1.82) is 0 Å². The first-order chi connectivity index (χ1) is 11.4. The van der Waals surface area contributed by atoms with E-state index < -0.39 is 0 Å². The van der Waals surface area contributed by atoms with Crippen LogP contribution in [-0.2, 0) is 16.7 Å². The number of aliphatic imine (C=N–C) groups is 1. The lowest BCUT2D eigenvalue weighted by Crippen LogP contribution is -2.44. The second-order valence-electron chi connectivity index (χ2n) is 7.42. The van der Waals surface area contributed by atoms with Gasteiger partial charge in [-0.2, -0.15) is 0 Å². The molecule has 3 N–H and O–H groups in total. The molecule has 0 radical (unpaired) electrons. The zero-order chi connectivity index (χ0) is 17.6. The number of ether oxygens (including phenoxy) is 1. The molecule has 8 heteroatoms. The van der Waals surface area contributed by atoms with Crippen LogP contribution in [0.3, 0.4) is 0 Å². The van der Waals surface area contributed by atoms with E-state index in [-0.39, 0.29) is 41.4 Å². The summed E-state index contributed by atoms with van der Waals surface area (Å²) in [6.07, 6.45) is 3.46. The monoisotopic (exact) mass is 466 g/mol. The van der Waals surface area contributed by atoms with Crippen LogP contribution in [0.2, 0.25) is 0 Å². The molecule has 2 rings (SSSR count). The molecule has 0 bridgehead atoms. The van der Waals surface area contributed by atoms with Crippen molar-refractivity contribution in [2.75, 3.05) is 33.4 Å².